The number of β-amino-alcohol motifs (C(OH)–C–C–N with tert-alkyl or cyclic N) is 1. The van der Waals surface area contributed by atoms with Gasteiger partial charge in [-0.25, -0.2) is 0 Å². The summed E-state index contributed by atoms with van der Waals surface area (Å²) in [5, 5.41) is 10.1. The lowest BCUT2D eigenvalue weighted by Gasteiger charge is -2.35. The summed E-state index contributed by atoms with van der Waals surface area (Å²) in [6, 6.07) is 10.4. The molecule has 2 unspecified atom stereocenters. The van der Waals surface area contributed by atoms with Crippen LogP contribution in [0, 0.1) is 0 Å². The fourth-order valence-electron chi connectivity index (χ4n) is 2.37. The maximum atomic E-state index is 10.1. The molecule has 2 atom stereocenters. The molecule has 82 valence electrons. The molecule has 1 aromatic rings. The van der Waals surface area contributed by atoms with Crippen LogP contribution in [0.15, 0.2) is 30.3 Å². The molecule has 0 bridgehead atoms. The Bertz CT molecular complexity index is 299. The lowest BCUT2D eigenvalue weighted by molar-refractivity contribution is 0.0540. The van der Waals surface area contributed by atoms with E-state index in [1.807, 2.05) is 18.2 Å². The molecule has 0 radical (unpaired) electrons. The molecule has 0 saturated carbocycles. The van der Waals surface area contributed by atoms with Crippen molar-refractivity contribution in [2.45, 2.75) is 25.4 Å². The minimum absolute atomic E-state index is 0.207. The zero-order valence-corrected chi connectivity index (χ0v) is 9.26. The van der Waals surface area contributed by atoms with Crippen LogP contribution in [-0.4, -0.2) is 35.7 Å². The predicted molar refractivity (Wildman–Crippen MR) is 61.9 cm³/mol. The molecule has 0 spiro atoms. The molecule has 1 aliphatic heterocycles. The first-order valence-electron chi connectivity index (χ1n) is 5.76. The summed E-state index contributed by atoms with van der Waals surface area (Å²) >= 11 is 0. The second-order valence-electron chi connectivity index (χ2n) is 4.27. The first kappa shape index (κ1) is 10.7. The smallest absolute Gasteiger partial charge is 0.0735 e. The standard InChI is InChI=1S/C13H19NO/c1-2-14-9-8-12(13(15)10-14)11-6-4-3-5-7-11/h3-7,12-13,15H,2,8-10H2,1H3. The quantitative estimate of drug-likeness (QED) is 0.796. The topological polar surface area (TPSA) is 23.5 Å². The number of aliphatic hydroxyl groups excluding tert-OH is 1. The molecule has 0 aliphatic carbocycles. The summed E-state index contributed by atoms with van der Waals surface area (Å²) in [4.78, 5) is 2.31. The van der Waals surface area contributed by atoms with E-state index < -0.39 is 0 Å². The number of nitrogens with zero attached hydrogens (tertiary/aromatic N) is 1. The Morgan fingerprint density at radius 1 is 1.33 bits per heavy atom. The Labute approximate surface area is 91.5 Å². The zero-order chi connectivity index (χ0) is 10.7. The summed E-state index contributed by atoms with van der Waals surface area (Å²) in [7, 11) is 0. The number of aliphatic hydroxyl groups is 1. The number of likely N-dealkylation sites (tertiary alicyclic amines) is 1. The first-order valence-corrected chi connectivity index (χ1v) is 5.76. The van der Waals surface area contributed by atoms with E-state index in [1.165, 1.54) is 5.56 Å². The van der Waals surface area contributed by atoms with Crippen molar-refractivity contribution in [1.29, 1.82) is 0 Å². The molecule has 1 aromatic carbocycles. The lowest BCUT2D eigenvalue weighted by atomic mass is 9.87. The van der Waals surface area contributed by atoms with E-state index >= 15 is 0 Å². The fourth-order valence-corrected chi connectivity index (χ4v) is 2.37. The minimum Gasteiger partial charge on any atom is -0.391 e. The third kappa shape index (κ3) is 2.39. The minimum atomic E-state index is -0.207. The van der Waals surface area contributed by atoms with Gasteiger partial charge in [-0.05, 0) is 25.1 Å². The molecule has 2 heteroatoms. The van der Waals surface area contributed by atoms with Gasteiger partial charge in [-0.15, -0.1) is 0 Å². The molecule has 1 saturated heterocycles. The SMILES string of the molecule is CCN1CCC(c2ccccc2)C(O)C1. The van der Waals surface area contributed by atoms with Crippen LogP contribution in [0.3, 0.4) is 0 Å². The number of benzene rings is 1. The average Bonchev–Trinajstić information content (AvgIpc) is 2.30. The predicted octanol–water partition coefficient (Wildman–Crippen LogP) is 1.86. The summed E-state index contributed by atoms with van der Waals surface area (Å²) in [5.41, 5.74) is 1.28. The van der Waals surface area contributed by atoms with Crippen molar-refractivity contribution in [3.63, 3.8) is 0 Å². The highest BCUT2D eigenvalue weighted by atomic mass is 16.3. The Morgan fingerprint density at radius 3 is 2.67 bits per heavy atom. The molecule has 1 heterocycles. The highest BCUT2D eigenvalue weighted by Crippen LogP contribution is 2.27. The van der Waals surface area contributed by atoms with Crippen molar-refractivity contribution in [2.24, 2.45) is 0 Å². The van der Waals surface area contributed by atoms with Crippen molar-refractivity contribution >= 4 is 0 Å². The van der Waals surface area contributed by atoms with E-state index in [0.717, 1.165) is 26.1 Å². The van der Waals surface area contributed by atoms with Gasteiger partial charge in [0.05, 0.1) is 6.10 Å². The van der Waals surface area contributed by atoms with E-state index in [4.69, 9.17) is 0 Å². The highest BCUT2D eigenvalue weighted by molar-refractivity contribution is 5.21. The van der Waals surface area contributed by atoms with Crippen LogP contribution < -0.4 is 0 Å². The van der Waals surface area contributed by atoms with Crippen LogP contribution in [0.25, 0.3) is 0 Å². The van der Waals surface area contributed by atoms with Gasteiger partial charge < -0.3 is 10.0 Å². The molecule has 0 aromatic heterocycles. The van der Waals surface area contributed by atoms with Gasteiger partial charge in [0, 0.05) is 12.5 Å². The van der Waals surface area contributed by atoms with Gasteiger partial charge in [-0.1, -0.05) is 37.3 Å². The normalized spacial score (nSPS) is 27.9. The number of hydrogen-bond donors (Lipinski definition) is 1. The molecule has 2 rings (SSSR count). The van der Waals surface area contributed by atoms with Gasteiger partial charge in [0.25, 0.3) is 0 Å². The van der Waals surface area contributed by atoms with Crippen LogP contribution in [0.4, 0.5) is 0 Å². The first-order chi connectivity index (χ1) is 7.31. The van der Waals surface area contributed by atoms with Crippen LogP contribution >= 0.6 is 0 Å². The van der Waals surface area contributed by atoms with Gasteiger partial charge in [0.2, 0.25) is 0 Å². The maximum Gasteiger partial charge on any atom is 0.0735 e. The van der Waals surface area contributed by atoms with Crippen LogP contribution in [-0.2, 0) is 0 Å². The lowest BCUT2D eigenvalue weighted by Crippen LogP contribution is -2.42. The van der Waals surface area contributed by atoms with Crippen LogP contribution in [0.2, 0.25) is 0 Å². The Hall–Kier alpha value is -0.860. The number of hydrogen-bond acceptors (Lipinski definition) is 2. The summed E-state index contributed by atoms with van der Waals surface area (Å²) < 4.78 is 0. The molecule has 0 amide bonds. The Kier molecular flexibility index (Phi) is 3.39. The second-order valence-corrected chi connectivity index (χ2v) is 4.27. The maximum absolute atomic E-state index is 10.1. The summed E-state index contributed by atoms with van der Waals surface area (Å²) in [6.07, 6.45) is 0.861. The molecular formula is C13H19NO. The Morgan fingerprint density at radius 2 is 2.07 bits per heavy atom. The third-order valence-electron chi connectivity index (χ3n) is 3.34. The highest BCUT2D eigenvalue weighted by Gasteiger charge is 2.27. The van der Waals surface area contributed by atoms with Crippen molar-refractivity contribution in [3.05, 3.63) is 35.9 Å². The van der Waals surface area contributed by atoms with E-state index in [9.17, 15) is 5.11 Å². The van der Waals surface area contributed by atoms with Crippen molar-refractivity contribution in [1.82, 2.24) is 4.90 Å². The van der Waals surface area contributed by atoms with E-state index in [0.29, 0.717) is 5.92 Å². The van der Waals surface area contributed by atoms with Crippen molar-refractivity contribution in [2.75, 3.05) is 19.6 Å². The molecule has 1 fully saturated rings. The second kappa shape index (κ2) is 4.77. The zero-order valence-electron chi connectivity index (χ0n) is 9.26. The van der Waals surface area contributed by atoms with E-state index in [-0.39, 0.29) is 6.10 Å². The molecule has 1 aliphatic rings. The molecule has 15 heavy (non-hydrogen) atoms. The largest absolute Gasteiger partial charge is 0.391 e. The number of rotatable bonds is 2. The fraction of sp³-hybridized carbons (Fsp3) is 0.538. The average molecular weight is 205 g/mol. The number of likely N-dealkylation sites (N-methyl/N-ethyl adjacent to an activating group) is 1. The summed E-state index contributed by atoms with van der Waals surface area (Å²) in [6.45, 7) is 5.11. The monoisotopic (exact) mass is 205 g/mol. The van der Waals surface area contributed by atoms with Gasteiger partial charge in [-0.3, -0.25) is 0 Å². The van der Waals surface area contributed by atoms with Crippen molar-refractivity contribution in [3.8, 4) is 0 Å². The molecule has 1 N–H and O–H groups in total. The van der Waals surface area contributed by atoms with Crippen molar-refractivity contribution < 1.29 is 5.11 Å². The van der Waals surface area contributed by atoms with E-state index in [2.05, 4.69) is 24.0 Å². The van der Waals surface area contributed by atoms with Gasteiger partial charge >= 0.3 is 0 Å². The number of piperidine rings is 1. The van der Waals surface area contributed by atoms with Crippen LogP contribution in [0.1, 0.15) is 24.8 Å². The van der Waals surface area contributed by atoms with Gasteiger partial charge in [-0.2, -0.15) is 0 Å². The summed E-state index contributed by atoms with van der Waals surface area (Å²) in [5.74, 6) is 0.328. The van der Waals surface area contributed by atoms with E-state index in [1.54, 1.807) is 0 Å². The van der Waals surface area contributed by atoms with Crippen LogP contribution in [0.5, 0.6) is 0 Å². The molecule has 2 nitrogen and oxygen atoms in total. The van der Waals surface area contributed by atoms with Gasteiger partial charge in [0.15, 0.2) is 0 Å². The van der Waals surface area contributed by atoms with Gasteiger partial charge in [0.1, 0.15) is 0 Å². The Balaban J connectivity index is 2.06. The molecular weight excluding hydrogens is 186 g/mol. The third-order valence-corrected chi connectivity index (χ3v) is 3.34.